The average molecular weight is 964 g/mol. The summed E-state index contributed by atoms with van der Waals surface area (Å²) in [7, 11) is 1.45. The van der Waals surface area contributed by atoms with Crippen LogP contribution < -0.4 is 10.1 Å². The van der Waals surface area contributed by atoms with Crippen molar-refractivity contribution in [1.82, 2.24) is 5.01 Å². The molecule has 0 spiro atoms. The molecular formula is C54H81N3O12. The van der Waals surface area contributed by atoms with Gasteiger partial charge in [0.2, 0.25) is 0 Å². The lowest BCUT2D eigenvalue weighted by molar-refractivity contribution is -0.160. The number of ether oxygens (including phenoxy) is 4. The summed E-state index contributed by atoms with van der Waals surface area (Å²) in [5.41, 5.74) is -0.259. The molecule has 1 amide bonds. The molecular weight excluding hydrogens is 883 g/mol. The van der Waals surface area contributed by atoms with Crippen LogP contribution in [0.5, 0.6) is 23.0 Å². The highest BCUT2D eigenvalue weighted by Gasteiger charge is 2.50. The van der Waals surface area contributed by atoms with Crippen LogP contribution in [0, 0.1) is 30.6 Å². The fraction of sp³-hybridized carbons (Fsp3) is 0.630. The lowest BCUT2D eigenvalue weighted by atomic mass is 9.78. The Bertz CT molecular complexity index is 2190. The summed E-state index contributed by atoms with van der Waals surface area (Å²) >= 11 is 0. The van der Waals surface area contributed by atoms with Crippen molar-refractivity contribution in [1.29, 1.82) is 0 Å². The zero-order chi connectivity index (χ0) is 51.2. The normalized spacial score (nSPS) is 27.5. The Labute approximate surface area is 409 Å². The van der Waals surface area contributed by atoms with E-state index in [1.54, 1.807) is 46.8 Å². The number of allylic oxidation sites excluding steroid dienone is 2. The summed E-state index contributed by atoms with van der Waals surface area (Å²) in [5.74, 6) is -8.26. The number of hydrogen-bond donors (Lipinski definition) is 6. The maximum Gasteiger partial charge on any atom is 0.312 e. The van der Waals surface area contributed by atoms with Crippen LogP contribution in [0.2, 0.25) is 0 Å². The lowest BCUT2D eigenvalue weighted by Gasteiger charge is -2.38. The van der Waals surface area contributed by atoms with Gasteiger partial charge >= 0.3 is 11.8 Å². The third kappa shape index (κ3) is 13.8. The fourth-order valence-corrected chi connectivity index (χ4v) is 9.39. The number of benzene rings is 2. The van der Waals surface area contributed by atoms with Crippen molar-refractivity contribution in [3.05, 3.63) is 52.8 Å². The fourth-order valence-electron chi connectivity index (χ4n) is 9.39. The van der Waals surface area contributed by atoms with E-state index in [0.29, 0.717) is 13.1 Å². The smallest absolute Gasteiger partial charge is 0.312 e. The Morgan fingerprint density at radius 2 is 1.42 bits per heavy atom. The number of rotatable bonds is 18. The van der Waals surface area contributed by atoms with Crippen LogP contribution in [0.3, 0.4) is 0 Å². The molecule has 5 bridgehead atoms. The highest BCUT2D eigenvalue weighted by atomic mass is 16.7. The first-order chi connectivity index (χ1) is 32.8. The van der Waals surface area contributed by atoms with Crippen LogP contribution in [0.25, 0.3) is 10.8 Å². The molecule has 6 N–H and O–H groups in total. The summed E-state index contributed by atoms with van der Waals surface area (Å²) in [5, 5.41) is 68.5. The number of phenols is 3. The van der Waals surface area contributed by atoms with Gasteiger partial charge in [0.25, 0.3) is 11.7 Å². The van der Waals surface area contributed by atoms with E-state index < -0.39 is 88.8 Å². The van der Waals surface area contributed by atoms with Gasteiger partial charge < -0.3 is 49.8 Å². The van der Waals surface area contributed by atoms with Crippen molar-refractivity contribution in [3.8, 4) is 23.0 Å². The van der Waals surface area contributed by atoms with Gasteiger partial charge in [-0.3, -0.25) is 19.4 Å². The number of nitrogens with one attached hydrogen (secondary N) is 1. The molecule has 3 heterocycles. The van der Waals surface area contributed by atoms with Crippen LogP contribution in [0.15, 0.2) is 41.2 Å². The van der Waals surface area contributed by atoms with Gasteiger partial charge in [-0.2, -0.15) is 5.10 Å². The van der Waals surface area contributed by atoms with E-state index in [1.807, 2.05) is 5.01 Å². The number of carbonyl (C=O) groups is 3. The van der Waals surface area contributed by atoms with Gasteiger partial charge in [-0.05, 0) is 32.8 Å². The van der Waals surface area contributed by atoms with Gasteiger partial charge in [-0.25, -0.2) is 0 Å². The number of phenolic OH excluding ortho intramolecular Hbond substituents is 3. The van der Waals surface area contributed by atoms with Crippen LogP contribution in [-0.4, -0.2) is 105 Å². The summed E-state index contributed by atoms with van der Waals surface area (Å²) < 4.78 is 23.9. The summed E-state index contributed by atoms with van der Waals surface area (Å²) in [4.78, 5) is 41.2. The molecule has 0 saturated heterocycles. The maximum absolute atomic E-state index is 14.7. The van der Waals surface area contributed by atoms with E-state index in [-0.39, 0.29) is 44.5 Å². The predicted octanol–water partition coefficient (Wildman–Crippen LogP) is 10.1. The molecule has 0 aromatic heterocycles. The highest BCUT2D eigenvalue weighted by molar-refractivity contribution is 6.23. The molecule has 384 valence electrons. The Balaban J connectivity index is 1.93. The van der Waals surface area contributed by atoms with E-state index in [4.69, 9.17) is 24.0 Å². The predicted molar refractivity (Wildman–Crippen MR) is 270 cm³/mol. The number of fused-ring (bicyclic) bond motifs is 14. The summed E-state index contributed by atoms with van der Waals surface area (Å²) in [6.45, 7) is 18.3. The number of aliphatic hydroxyl groups excluding tert-OH is 2. The van der Waals surface area contributed by atoms with Gasteiger partial charge in [0.1, 0.15) is 23.4 Å². The molecule has 3 aliphatic heterocycles. The third-order valence-electron chi connectivity index (χ3n) is 13.9. The van der Waals surface area contributed by atoms with E-state index >= 15 is 0 Å². The molecule has 9 atom stereocenters. The minimum Gasteiger partial charge on any atom is -0.507 e. The standard InChI is InChI=1S/C54H81N3O12/c1-12-14-16-18-20-22-28-57(29-23-21-19-17-15-13-2)55-31-39-44-49(63)42-41(48(39)62)43-51(37(8)47(42)61)69-54(10,52(43)64)67-30-27-40(66-11)34(5)50(68-38(9)58)36(7)46(60)35(6)45(59)32(3)25-24-26-33(4)53(65)56-44/h24-27,30-32,34-36,40,45-46,50,59-63H,12-23,28-29H2,1-11H3,(H,56,65)/b25-24+,30-27+,33-26+,55-31+. The first kappa shape index (κ1) is 56.5. The first-order valence-corrected chi connectivity index (χ1v) is 25.1. The summed E-state index contributed by atoms with van der Waals surface area (Å²) in [6.07, 6.45) is 18.0. The third-order valence-corrected chi connectivity index (χ3v) is 13.9. The van der Waals surface area contributed by atoms with Gasteiger partial charge in [-0.15, -0.1) is 0 Å². The zero-order valence-corrected chi connectivity index (χ0v) is 43.0. The molecule has 69 heavy (non-hydrogen) atoms. The number of hydrazone groups is 1. The molecule has 0 fully saturated rings. The molecule has 15 nitrogen and oxygen atoms in total. The van der Waals surface area contributed by atoms with Crippen molar-refractivity contribution >= 4 is 40.3 Å². The number of amides is 1. The van der Waals surface area contributed by atoms with E-state index in [1.165, 1.54) is 65.4 Å². The number of unbranched alkanes of at least 4 members (excludes halogenated alkanes) is 10. The second-order valence-electron chi connectivity index (χ2n) is 19.4. The molecule has 0 radical (unpaired) electrons. The number of nitrogens with zero attached hydrogens (tertiary/aromatic N) is 2. The Hall–Kier alpha value is -5.12. The van der Waals surface area contributed by atoms with Crippen LogP contribution >= 0.6 is 0 Å². The van der Waals surface area contributed by atoms with Gasteiger partial charge in [-0.1, -0.05) is 124 Å². The molecule has 3 aliphatic rings. The Morgan fingerprint density at radius 3 is 2.00 bits per heavy atom. The summed E-state index contributed by atoms with van der Waals surface area (Å²) in [6, 6.07) is 0. The van der Waals surface area contributed by atoms with E-state index in [0.717, 1.165) is 64.2 Å². The number of hydrogen-bond acceptors (Lipinski definition) is 14. The number of ketones is 1. The van der Waals surface area contributed by atoms with E-state index in [2.05, 4.69) is 19.2 Å². The number of aromatic hydroxyl groups is 3. The lowest BCUT2D eigenvalue weighted by Crippen LogP contribution is -2.46. The largest absolute Gasteiger partial charge is 0.507 e. The number of aliphatic hydroxyl groups is 2. The van der Waals surface area contributed by atoms with Gasteiger partial charge in [0, 0.05) is 74.2 Å². The molecule has 2 aromatic rings. The molecule has 0 aliphatic carbocycles. The maximum atomic E-state index is 14.7. The Kier molecular flexibility index (Phi) is 21.4. The molecule has 9 unspecified atom stereocenters. The highest BCUT2D eigenvalue weighted by Crippen LogP contribution is 2.55. The number of anilines is 1. The van der Waals surface area contributed by atoms with Crippen LogP contribution in [0.4, 0.5) is 5.69 Å². The van der Waals surface area contributed by atoms with Crippen molar-refractivity contribution in [3.63, 3.8) is 0 Å². The minimum atomic E-state index is -2.05. The zero-order valence-electron chi connectivity index (χ0n) is 43.0. The molecule has 15 heteroatoms. The second kappa shape index (κ2) is 26.2. The number of Topliss-reactive ketones (excluding diaryl/α,β-unsaturated/α-hetero) is 1. The molecule has 0 saturated carbocycles. The monoisotopic (exact) mass is 964 g/mol. The molecule has 2 aromatic carbocycles. The van der Waals surface area contributed by atoms with Crippen molar-refractivity contribution in [2.24, 2.45) is 28.8 Å². The van der Waals surface area contributed by atoms with Crippen LogP contribution in [0.1, 0.15) is 161 Å². The second-order valence-corrected chi connectivity index (χ2v) is 19.4. The molecule has 5 rings (SSSR count). The first-order valence-electron chi connectivity index (χ1n) is 25.1. The van der Waals surface area contributed by atoms with Crippen molar-refractivity contribution in [2.45, 2.75) is 176 Å². The number of methoxy groups -OCH3 is 1. The van der Waals surface area contributed by atoms with Crippen molar-refractivity contribution in [2.75, 3.05) is 25.5 Å². The van der Waals surface area contributed by atoms with Gasteiger partial charge in [0.05, 0.1) is 53.0 Å². The topological polar surface area (TPSA) is 217 Å². The number of carbonyl (C=O) groups excluding carboxylic acids is 3. The van der Waals surface area contributed by atoms with Gasteiger partial charge in [0.15, 0.2) is 5.75 Å². The quantitative estimate of drug-likeness (QED) is 0.0205. The average Bonchev–Trinajstić information content (AvgIpc) is 3.58. The Morgan fingerprint density at radius 1 is 0.826 bits per heavy atom. The minimum absolute atomic E-state index is 0.0667. The van der Waals surface area contributed by atoms with Crippen LogP contribution in [-0.2, 0) is 23.8 Å². The van der Waals surface area contributed by atoms with Crippen molar-refractivity contribution < 1.29 is 58.9 Å². The van der Waals surface area contributed by atoms with E-state index in [9.17, 15) is 39.9 Å². The number of esters is 1. The SMILES string of the molecule is CCCCCCCCN(CCCCCCCC)/N=C/c1c2c(O)c3c(O)c(C)c4c(c3c1O)C(=O)C(C)(O/C=C/C(OC)C(C)C(OC(C)=O)C(C)C(O)C(C)C(O)C(C)/C=C/C=C(\C)C(=O)N2)O4.